The van der Waals surface area contributed by atoms with Gasteiger partial charge in [-0.15, -0.1) is 0 Å². The SMILES string of the molecule is CCOC(=O)c1ccc(S(=O)(=O)c2ccc(C[C@@H](C)N(C[C@@H](O)c3cccc(Cl)c3)C(=O)OC(C)(C)C)cc2)cc1. The third-order valence-corrected chi connectivity index (χ3v) is 8.22. The zero-order valence-corrected chi connectivity index (χ0v) is 25.4. The van der Waals surface area contributed by atoms with Crippen LogP contribution in [0, 0.1) is 0 Å². The molecule has 0 aromatic heterocycles. The minimum atomic E-state index is -3.82. The van der Waals surface area contributed by atoms with Gasteiger partial charge in [-0.2, -0.15) is 0 Å². The molecule has 0 heterocycles. The Morgan fingerprint density at radius 2 is 1.56 bits per heavy atom. The number of halogens is 1. The van der Waals surface area contributed by atoms with Gasteiger partial charge in [0.25, 0.3) is 0 Å². The van der Waals surface area contributed by atoms with Crippen molar-refractivity contribution < 1.29 is 32.6 Å². The highest BCUT2D eigenvalue weighted by Gasteiger charge is 2.29. The Morgan fingerprint density at radius 3 is 2.10 bits per heavy atom. The average molecular weight is 602 g/mol. The molecule has 0 aliphatic heterocycles. The maximum atomic E-state index is 13.2. The number of aliphatic hydroxyl groups excluding tert-OH is 1. The monoisotopic (exact) mass is 601 g/mol. The lowest BCUT2D eigenvalue weighted by molar-refractivity contribution is 0.00546. The van der Waals surface area contributed by atoms with E-state index in [0.29, 0.717) is 17.0 Å². The van der Waals surface area contributed by atoms with Crippen molar-refractivity contribution in [2.24, 2.45) is 0 Å². The van der Waals surface area contributed by atoms with Gasteiger partial charge in [-0.1, -0.05) is 35.9 Å². The third kappa shape index (κ3) is 8.79. The minimum Gasteiger partial charge on any atom is -0.462 e. The molecule has 2 atom stereocenters. The van der Waals surface area contributed by atoms with Crippen LogP contribution in [0.2, 0.25) is 5.02 Å². The number of hydrogen-bond acceptors (Lipinski definition) is 7. The smallest absolute Gasteiger partial charge is 0.410 e. The number of carbonyl (C=O) groups is 2. The highest BCUT2D eigenvalue weighted by molar-refractivity contribution is 7.91. The number of hydrogen-bond donors (Lipinski definition) is 1. The normalized spacial score (nSPS) is 13.2. The van der Waals surface area contributed by atoms with E-state index in [1.165, 1.54) is 41.3 Å². The molecule has 1 N–H and O–H groups in total. The van der Waals surface area contributed by atoms with E-state index in [1.54, 1.807) is 64.1 Å². The van der Waals surface area contributed by atoms with Crippen LogP contribution in [-0.4, -0.2) is 55.3 Å². The fourth-order valence-electron chi connectivity index (χ4n) is 4.14. The zero-order chi connectivity index (χ0) is 30.4. The van der Waals surface area contributed by atoms with E-state index in [0.717, 1.165) is 5.56 Å². The second-order valence-electron chi connectivity index (χ2n) is 10.6. The summed E-state index contributed by atoms with van der Waals surface area (Å²) in [6.45, 7) is 9.04. The summed E-state index contributed by atoms with van der Waals surface area (Å²) in [5, 5.41) is 11.4. The second-order valence-corrected chi connectivity index (χ2v) is 13.0. The van der Waals surface area contributed by atoms with Gasteiger partial charge >= 0.3 is 12.1 Å². The summed E-state index contributed by atoms with van der Waals surface area (Å²) in [6.07, 6.45) is -1.18. The Kier molecular flexibility index (Phi) is 10.6. The number of benzene rings is 3. The van der Waals surface area contributed by atoms with Crippen molar-refractivity contribution in [3.8, 4) is 0 Å². The number of rotatable bonds is 10. The van der Waals surface area contributed by atoms with Gasteiger partial charge in [0.1, 0.15) is 5.60 Å². The van der Waals surface area contributed by atoms with Gasteiger partial charge in [0, 0.05) is 11.1 Å². The van der Waals surface area contributed by atoms with Gasteiger partial charge in [0.05, 0.1) is 34.6 Å². The van der Waals surface area contributed by atoms with Crippen molar-refractivity contribution in [1.82, 2.24) is 4.90 Å². The number of ether oxygens (including phenoxy) is 2. The molecular weight excluding hydrogens is 566 g/mol. The Morgan fingerprint density at radius 1 is 0.976 bits per heavy atom. The van der Waals surface area contributed by atoms with Crippen molar-refractivity contribution in [2.75, 3.05) is 13.2 Å². The largest absolute Gasteiger partial charge is 0.462 e. The molecule has 0 fully saturated rings. The lowest BCUT2D eigenvalue weighted by Gasteiger charge is -2.33. The molecule has 1 amide bonds. The first-order chi connectivity index (χ1) is 19.2. The summed E-state index contributed by atoms with van der Waals surface area (Å²) in [5.74, 6) is -0.518. The molecule has 41 heavy (non-hydrogen) atoms. The molecule has 8 nitrogen and oxygen atoms in total. The summed E-state index contributed by atoms with van der Waals surface area (Å²) >= 11 is 6.08. The summed E-state index contributed by atoms with van der Waals surface area (Å²) in [4.78, 5) is 26.6. The summed E-state index contributed by atoms with van der Waals surface area (Å²) < 4.78 is 36.9. The number of carbonyl (C=O) groups excluding carboxylic acids is 2. The van der Waals surface area contributed by atoms with E-state index >= 15 is 0 Å². The molecule has 3 aromatic carbocycles. The van der Waals surface area contributed by atoms with E-state index < -0.39 is 39.6 Å². The van der Waals surface area contributed by atoms with E-state index in [4.69, 9.17) is 21.1 Å². The highest BCUT2D eigenvalue weighted by atomic mass is 35.5. The molecule has 220 valence electrons. The maximum absolute atomic E-state index is 13.2. The van der Waals surface area contributed by atoms with Crippen LogP contribution in [0.3, 0.4) is 0 Å². The fraction of sp³-hybridized carbons (Fsp3) is 0.355. The molecule has 0 bridgehead atoms. The Hall–Kier alpha value is -3.40. The summed E-state index contributed by atoms with van der Waals surface area (Å²) in [7, 11) is -3.82. The van der Waals surface area contributed by atoms with Crippen LogP contribution < -0.4 is 0 Å². The number of nitrogens with zero attached hydrogens (tertiary/aromatic N) is 1. The van der Waals surface area contributed by atoms with Gasteiger partial charge in [0.2, 0.25) is 9.84 Å². The highest BCUT2D eigenvalue weighted by Crippen LogP contribution is 2.25. The van der Waals surface area contributed by atoms with Crippen molar-refractivity contribution in [3.63, 3.8) is 0 Å². The van der Waals surface area contributed by atoms with Crippen molar-refractivity contribution >= 4 is 33.5 Å². The van der Waals surface area contributed by atoms with E-state index in [1.807, 2.05) is 6.92 Å². The summed E-state index contributed by atoms with van der Waals surface area (Å²) in [6, 6.07) is 18.4. The predicted molar refractivity (Wildman–Crippen MR) is 157 cm³/mol. The second kappa shape index (κ2) is 13.5. The Bertz CT molecular complexity index is 1450. The standard InChI is InChI=1S/C31H36ClNO7S/c1-6-39-29(35)23-12-16-27(17-13-23)41(37,38)26-14-10-22(11-15-26)18-21(2)33(30(36)40-31(3,4)5)20-28(34)24-8-7-9-25(32)19-24/h7-17,19,21,28,34H,6,18,20H2,1-5H3/t21-,28-/m1/s1. The lowest BCUT2D eigenvalue weighted by atomic mass is 10.0. The van der Waals surface area contributed by atoms with Crippen LogP contribution in [-0.2, 0) is 25.7 Å². The molecule has 0 spiro atoms. The molecule has 0 saturated carbocycles. The van der Waals surface area contributed by atoms with Crippen LogP contribution in [0.4, 0.5) is 4.79 Å². The van der Waals surface area contributed by atoms with Crippen LogP contribution >= 0.6 is 11.6 Å². The lowest BCUT2D eigenvalue weighted by Crippen LogP contribution is -2.45. The number of esters is 1. The molecule has 3 rings (SSSR count). The molecule has 0 unspecified atom stereocenters. The first-order valence-electron chi connectivity index (χ1n) is 13.3. The molecule has 0 aliphatic rings. The maximum Gasteiger partial charge on any atom is 0.410 e. The fourth-order valence-corrected chi connectivity index (χ4v) is 5.60. The predicted octanol–water partition coefficient (Wildman–Crippen LogP) is 6.25. The zero-order valence-electron chi connectivity index (χ0n) is 23.8. The van der Waals surface area contributed by atoms with Gasteiger partial charge in [-0.25, -0.2) is 18.0 Å². The van der Waals surface area contributed by atoms with Crippen LogP contribution in [0.25, 0.3) is 0 Å². The van der Waals surface area contributed by atoms with E-state index in [9.17, 15) is 23.1 Å². The minimum absolute atomic E-state index is 0.0231. The van der Waals surface area contributed by atoms with Gasteiger partial charge in [-0.3, -0.25) is 0 Å². The van der Waals surface area contributed by atoms with E-state index in [2.05, 4.69) is 0 Å². The quantitative estimate of drug-likeness (QED) is 0.273. The van der Waals surface area contributed by atoms with Crippen LogP contribution in [0.1, 0.15) is 62.2 Å². The molecule has 0 aliphatic carbocycles. The number of amides is 1. The molecule has 0 radical (unpaired) electrons. The third-order valence-electron chi connectivity index (χ3n) is 6.20. The Labute approximate surface area is 246 Å². The molecule has 10 heteroatoms. The van der Waals surface area contributed by atoms with Crippen LogP contribution in [0.15, 0.2) is 82.6 Å². The van der Waals surface area contributed by atoms with E-state index in [-0.39, 0.29) is 28.5 Å². The summed E-state index contributed by atoms with van der Waals surface area (Å²) in [5.41, 5.74) is 0.897. The molecule has 3 aromatic rings. The topological polar surface area (TPSA) is 110 Å². The average Bonchev–Trinajstić information content (AvgIpc) is 2.91. The van der Waals surface area contributed by atoms with Crippen molar-refractivity contribution in [3.05, 3.63) is 94.5 Å². The number of sulfone groups is 1. The first-order valence-corrected chi connectivity index (χ1v) is 15.1. The molecule has 0 saturated heterocycles. The first kappa shape index (κ1) is 32.1. The van der Waals surface area contributed by atoms with Gasteiger partial charge in [0.15, 0.2) is 0 Å². The molecular formula is C31H36ClNO7S. The number of aliphatic hydroxyl groups is 1. The van der Waals surface area contributed by atoms with Gasteiger partial charge in [-0.05, 0) is 101 Å². The van der Waals surface area contributed by atoms with Gasteiger partial charge < -0.3 is 19.5 Å². The van der Waals surface area contributed by atoms with Crippen molar-refractivity contribution in [1.29, 1.82) is 0 Å². The van der Waals surface area contributed by atoms with Crippen molar-refractivity contribution in [2.45, 2.75) is 68.6 Å². The van der Waals surface area contributed by atoms with Crippen LogP contribution in [0.5, 0.6) is 0 Å². The Balaban J connectivity index is 1.78.